The number of rotatable bonds is 4. The fraction of sp³-hybridized carbons (Fsp3) is 0. The highest BCUT2D eigenvalue weighted by atomic mass is 19.2. The van der Waals surface area contributed by atoms with Crippen LogP contribution in [0.2, 0.25) is 0 Å². The number of ketones is 1. The monoisotopic (exact) mass is 440 g/mol. The number of fused-ring (bicyclic) bond motifs is 1. The normalized spacial score (nSPS) is 10.8. The van der Waals surface area contributed by atoms with Crippen LogP contribution in [0.4, 0.5) is 33.7 Å². The number of hydrogen-bond acceptors (Lipinski definition) is 4. The minimum absolute atomic E-state index is 0.127. The van der Waals surface area contributed by atoms with Crippen LogP contribution >= 0.6 is 0 Å². The predicted molar refractivity (Wildman–Crippen MR) is 108 cm³/mol. The lowest BCUT2D eigenvalue weighted by molar-refractivity contribution is 0.103. The Hall–Kier alpha value is -4.34. The number of nitrogens with zero attached hydrogens (tertiary/aromatic N) is 2. The van der Waals surface area contributed by atoms with Gasteiger partial charge in [-0.25, -0.2) is 32.3 Å². The second kappa shape index (κ2) is 8.42. The molecule has 0 aliphatic carbocycles. The molecule has 0 saturated carbocycles. The van der Waals surface area contributed by atoms with Gasteiger partial charge < -0.3 is 10.6 Å². The van der Waals surface area contributed by atoms with Crippen LogP contribution in [0.1, 0.15) is 15.9 Å². The standard InChI is InChI=1S/C22H12F4N4O2/c23-13-2-4-14(5-3-13)29-22(32)30-17-8-15(24)19(25)18(20(17)26)21(31)11-1-6-16-12(7-11)9-27-10-28-16/h1-10H,(H2,29,30,32). The highest BCUT2D eigenvalue weighted by Gasteiger charge is 2.26. The molecule has 3 aromatic carbocycles. The summed E-state index contributed by atoms with van der Waals surface area (Å²) in [5.74, 6) is -6.34. The molecule has 0 unspecified atom stereocenters. The number of carbonyl (C=O) groups excluding carboxylic acids is 2. The Balaban J connectivity index is 1.66. The summed E-state index contributed by atoms with van der Waals surface area (Å²) in [5.41, 5.74) is -1.38. The molecule has 0 spiro atoms. The number of urea groups is 1. The smallest absolute Gasteiger partial charge is 0.308 e. The third-order valence-electron chi connectivity index (χ3n) is 4.50. The van der Waals surface area contributed by atoms with Crippen LogP contribution in [0.3, 0.4) is 0 Å². The van der Waals surface area contributed by atoms with Gasteiger partial charge in [0.15, 0.2) is 23.2 Å². The van der Waals surface area contributed by atoms with E-state index in [0.717, 1.165) is 12.1 Å². The Labute approximate surface area is 177 Å². The van der Waals surface area contributed by atoms with Gasteiger partial charge in [0, 0.05) is 28.9 Å². The van der Waals surface area contributed by atoms with Gasteiger partial charge in [-0.05, 0) is 42.5 Å². The van der Waals surface area contributed by atoms with Crippen LogP contribution in [-0.4, -0.2) is 21.8 Å². The van der Waals surface area contributed by atoms with Crippen molar-refractivity contribution in [2.75, 3.05) is 10.6 Å². The summed E-state index contributed by atoms with van der Waals surface area (Å²) in [4.78, 5) is 32.7. The molecule has 0 saturated heterocycles. The van der Waals surface area contributed by atoms with Crippen molar-refractivity contribution in [2.24, 2.45) is 0 Å². The summed E-state index contributed by atoms with van der Waals surface area (Å²) in [6, 6.07) is 8.12. The number of hydrogen-bond donors (Lipinski definition) is 2. The number of halogens is 4. The summed E-state index contributed by atoms with van der Waals surface area (Å²) < 4.78 is 56.5. The zero-order valence-electron chi connectivity index (χ0n) is 16.0. The average Bonchev–Trinajstić information content (AvgIpc) is 2.78. The third kappa shape index (κ3) is 4.10. The third-order valence-corrected chi connectivity index (χ3v) is 4.50. The van der Waals surface area contributed by atoms with Crippen LogP contribution in [0, 0.1) is 23.3 Å². The molecule has 0 radical (unpaired) electrons. The maximum absolute atomic E-state index is 15.0. The molecule has 0 fully saturated rings. The number of anilines is 2. The van der Waals surface area contributed by atoms with E-state index in [2.05, 4.69) is 15.3 Å². The van der Waals surface area contributed by atoms with Crippen LogP contribution in [0.25, 0.3) is 10.9 Å². The SMILES string of the molecule is O=C(Nc1ccc(F)cc1)Nc1cc(F)c(F)c(C(=O)c2ccc3ncncc3c2)c1F. The van der Waals surface area contributed by atoms with Crippen LogP contribution in [0.15, 0.2) is 61.1 Å². The molecule has 0 aliphatic heterocycles. The second-order valence-electron chi connectivity index (χ2n) is 6.62. The largest absolute Gasteiger partial charge is 0.323 e. The van der Waals surface area contributed by atoms with Gasteiger partial charge in [-0.2, -0.15) is 0 Å². The van der Waals surface area contributed by atoms with E-state index >= 15 is 0 Å². The molecule has 1 aromatic heterocycles. The van der Waals surface area contributed by atoms with E-state index in [1.165, 1.54) is 42.9 Å². The summed E-state index contributed by atoms with van der Waals surface area (Å²) in [6.45, 7) is 0. The molecule has 10 heteroatoms. The molecular weight excluding hydrogens is 428 g/mol. The molecule has 2 N–H and O–H groups in total. The predicted octanol–water partition coefficient (Wildman–Crippen LogP) is 5.06. The van der Waals surface area contributed by atoms with Gasteiger partial charge in [-0.1, -0.05) is 0 Å². The Bertz CT molecular complexity index is 1360. The van der Waals surface area contributed by atoms with E-state index in [0.29, 0.717) is 17.0 Å². The van der Waals surface area contributed by atoms with E-state index in [4.69, 9.17) is 0 Å². The first-order valence-corrected chi connectivity index (χ1v) is 9.09. The number of aromatic nitrogens is 2. The van der Waals surface area contributed by atoms with Crippen LogP contribution < -0.4 is 10.6 Å². The number of benzene rings is 3. The molecule has 0 atom stereocenters. The van der Waals surface area contributed by atoms with Crippen molar-refractivity contribution in [3.05, 3.63) is 95.5 Å². The summed E-state index contributed by atoms with van der Waals surface area (Å²) in [7, 11) is 0. The van der Waals surface area contributed by atoms with E-state index in [9.17, 15) is 27.2 Å². The summed E-state index contributed by atoms with van der Waals surface area (Å²) in [6.07, 6.45) is 2.70. The highest BCUT2D eigenvalue weighted by Crippen LogP contribution is 2.27. The Kier molecular flexibility index (Phi) is 5.50. The summed E-state index contributed by atoms with van der Waals surface area (Å²) >= 11 is 0. The van der Waals surface area contributed by atoms with Gasteiger partial charge in [-0.15, -0.1) is 0 Å². The first kappa shape index (κ1) is 20.9. The molecule has 4 aromatic rings. The maximum atomic E-state index is 15.0. The van der Waals surface area contributed by atoms with Crippen molar-refractivity contribution in [3.8, 4) is 0 Å². The van der Waals surface area contributed by atoms with E-state index in [-0.39, 0.29) is 11.3 Å². The van der Waals surface area contributed by atoms with Crippen molar-refractivity contribution in [3.63, 3.8) is 0 Å². The Morgan fingerprint density at radius 1 is 0.844 bits per heavy atom. The molecule has 160 valence electrons. The molecule has 6 nitrogen and oxygen atoms in total. The number of amides is 2. The van der Waals surface area contributed by atoms with Gasteiger partial charge in [0.05, 0.1) is 16.8 Å². The van der Waals surface area contributed by atoms with Gasteiger partial charge in [0.2, 0.25) is 0 Å². The van der Waals surface area contributed by atoms with Crippen molar-refractivity contribution in [1.82, 2.24) is 9.97 Å². The molecule has 2 amide bonds. The maximum Gasteiger partial charge on any atom is 0.323 e. The second-order valence-corrected chi connectivity index (χ2v) is 6.62. The highest BCUT2D eigenvalue weighted by molar-refractivity contribution is 6.11. The van der Waals surface area contributed by atoms with Gasteiger partial charge >= 0.3 is 6.03 Å². The van der Waals surface area contributed by atoms with Gasteiger partial charge in [-0.3, -0.25) is 4.79 Å². The van der Waals surface area contributed by atoms with Crippen molar-refractivity contribution in [2.45, 2.75) is 0 Å². The lowest BCUT2D eigenvalue weighted by Crippen LogP contribution is -2.21. The minimum Gasteiger partial charge on any atom is -0.308 e. The zero-order valence-corrected chi connectivity index (χ0v) is 16.0. The van der Waals surface area contributed by atoms with E-state index < -0.39 is 46.3 Å². The van der Waals surface area contributed by atoms with Crippen molar-refractivity contribution < 1.29 is 27.2 Å². The Morgan fingerprint density at radius 3 is 2.34 bits per heavy atom. The number of nitrogens with one attached hydrogen (secondary N) is 2. The van der Waals surface area contributed by atoms with E-state index in [1.54, 1.807) is 0 Å². The Morgan fingerprint density at radius 2 is 1.59 bits per heavy atom. The van der Waals surface area contributed by atoms with Gasteiger partial charge in [0.1, 0.15) is 12.1 Å². The minimum atomic E-state index is -1.69. The fourth-order valence-electron chi connectivity index (χ4n) is 2.98. The van der Waals surface area contributed by atoms with Crippen LogP contribution in [0.5, 0.6) is 0 Å². The topological polar surface area (TPSA) is 84.0 Å². The van der Waals surface area contributed by atoms with Crippen molar-refractivity contribution in [1.29, 1.82) is 0 Å². The quantitative estimate of drug-likeness (QED) is 0.264. The first-order valence-electron chi connectivity index (χ1n) is 9.09. The van der Waals surface area contributed by atoms with Crippen LogP contribution in [-0.2, 0) is 0 Å². The number of carbonyl (C=O) groups is 2. The average molecular weight is 440 g/mol. The molecular formula is C22H12F4N4O2. The van der Waals surface area contributed by atoms with Gasteiger partial charge in [0.25, 0.3) is 0 Å². The molecule has 1 heterocycles. The fourth-order valence-corrected chi connectivity index (χ4v) is 2.98. The molecule has 4 rings (SSSR count). The van der Waals surface area contributed by atoms with Crippen molar-refractivity contribution >= 4 is 34.1 Å². The lowest BCUT2D eigenvalue weighted by atomic mass is 10.00. The lowest BCUT2D eigenvalue weighted by Gasteiger charge is -2.12. The first-order chi connectivity index (χ1) is 15.3. The molecule has 32 heavy (non-hydrogen) atoms. The molecule has 0 aliphatic rings. The zero-order chi connectivity index (χ0) is 22.8. The molecule has 0 bridgehead atoms. The summed E-state index contributed by atoms with van der Waals surface area (Å²) in [5, 5.41) is 4.74. The van der Waals surface area contributed by atoms with E-state index in [1.807, 2.05) is 5.32 Å².